The summed E-state index contributed by atoms with van der Waals surface area (Å²) in [5.41, 5.74) is 1.99. The summed E-state index contributed by atoms with van der Waals surface area (Å²) in [5, 5.41) is 0. The van der Waals surface area contributed by atoms with Gasteiger partial charge in [-0.1, -0.05) is 0 Å². The number of aryl methyl sites for hydroxylation is 1. The summed E-state index contributed by atoms with van der Waals surface area (Å²) in [6.45, 7) is 12.3. The lowest BCUT2D eigenvalue weighted by atomic mass is 10.0. The fourth-order valence-electron chi connectivity index (χ4n) is 4.11. The number of methoxy groups -OCH3 is 1. The topological polar surface area (TPSA) is 81.2 Å². The van der Waals surface area contributed by atoms with Gasteiger partial charge in [-0.2, -0.15) is 0 Å². The van der Waals surface area contributed by atoms with Crippen molar-refractivity contribution in [3.05, 3.63) is 58.7 Å². The standard InChI is InChI=1S/C27H36FN3O5/c1-18-13-21(17-35-22-7-8-24(29-15-22)25(32)34-6)20(14-23(18)28)9-10-30-11-12-31(19(2)16-30)26(33)36-27(3,4)5/h7-8,13-15,19H,9-12,16-17H2,1-6H3/t19-/m1/s1. The van der Waals surface area contributed by atoms with Crippen LogP contribution >= 0.6 is 0 Å². The van der Waals surface area contributed by atoms with E-state index in [1.807, 2.05) is 33.8 Å². The zero-order valence-corrected chi connectivity index (χ0v) is 22.0. The van der Waals surface area contributed by atoms with Gasteiger partial charge < -0.3 is 19.1 Å². The number of halogens is 1. The zero-order chi connectivity index (χ0) is 26.5. The predicted octanol–water partition coefficient (Wildman–Crippen LogP) is 4.38. The van der Waals surface area contributed by atoms with Crippen LogP contribution in [0.2, 0.25) is 0 Å². The monoisotopic (exact) mass is 501 g/mol. The van der Waals surface area contributed by atoms with Gasteiger partial charge >= 0.3 is 12.1 Å². The Morgan fingerprint density at radius 2 is 1.92 bits per heavy atom. The molecule has 2 aromatic rings. The number of piperazine rings is 1. The molecule has 0 radical (unpaired) electrons. The van der Waals surface area contributed by atoms with Crippen LogP contribution in [-0.2, 0) is 22.5 Å². The highest BCUT2D eigenvalue weighted by atomic mass is 19.1. The second-order valence-electron chi connectivity index (χ2n) is 10.1. The first-order chi connectivity index (χ1) is 17.0. The zero-order valence-electron chi connectivity index (χ0n) is 22.0. The molecular weight excluding hydrogens is 465 g/mol. The summed E-state index contributed by atoms with van der Waals surface area (Å²) < 4.78 is 30.5. The first-order valence-corrected chi connectivity index (χ1v) is 12.1. The van der Waals surface area contributed by atoms with Crippen molar-refractivity contribution in [3.63, 3.8) is 0 Å². The van der Waals surface area contributed by atoms with Gasteiger partial charge in [0.2, 0.25) is 0 Å². The number of pyridine rings is 1. The Hall–Kier alpha value is -3.20. The lowest BCUT2D eigenvalue weighted by Gasteiger charge is -2.40. The molecule has 1 aromatic carbocycles. The number of carbonyl (C=O) groups is 2. The van der Waals surface area contributed by atoms with E-state index in [0.29, 0.717) is 24.3 Å². The third kappa shape index (κ3) is 7.40. The fraction of sp³-hybridized carbons (Fsp3) is 0.519. The molecule has 9 heteroatoms. The number of ether oxygens (including phenoxy) is 3. The van der Waals surface area contributed by atoms with Gasteiger partial charge in [0.15, 0.2) is 0 Å². The van der Waals surface area contributed by atoms with Crippen molar-refractivity contribution in [2.45, 2.75) is 59.3 Å². The Morgan fingerprint density at radius 1 is 1.17 bits per heavy atom. The fourth-order valence-corrected chi connectivity index (χ4v) is 4.11. The predicted molar refractivity (Wildman–Crippen MR) is 134 cm³/mol. The Balaban J connectivity index is 1.60. The molecule has 196 valence electrons. The molecule has 0 aliphatic carbocycles. The molecule has 8 nitrogen and oxygen atoms in total. The Morgan fingerprint density at radius 3 is 2.53 bits per heavy atom. The summed E-state index contributed by atoms with van der Waals surface area (Å²) in [5.74, 6) is -0.261. The molecule has 1 saturated heterocycles. The summed E-state index contributed by atoms with van der Waals surface area (Å²) in [7, 11) is 1.30. The van der Waals surface area contributed by atoms with Crippen molar-refractivity contribution in [2.24, 2.45) is 0 Å². The molecule has 36 heavy (non-hydrogen) atoms. The van der Waals surface area contributed by atoms with E-state index in [1.54, 1.807) is 24.0 Å². The second-order valence-corrected chi connectivity index (χ2v) is 10.1. The van der Waals surface area contributed by atoms with E-state index in [9.17, 15) is 14.0 Å². The largest absolute Gasteiger partial charge is 0.487 e. The smallest absolute Gasteiger partial charge is 0.410 e. The van der Waals surface area contributed by atoms with Crippen LogP contribution in [0.4, 0.5) is 9.18 Å². The third-order valence-electron chi connectivity index (χ3n) is 6.04. The number of hydrogen-bond donors (Lipinski definition) is 0. The SMILES string of the molecule is COC(=O)c1ccc(OCc2cc(C)c(F)cc2CCN2CCN(C(=O)OC(C)(C)C)[C@H](C)C2)cn1. The molecule has 0 unspecified atom stereocenters. The molecular formula is C27H36FN3O5. The number of benzene rings is 1. The van der Waals surface area contributed by atoms with Crippen LogP contribution in [0, 0.1) is 12.7 Å². The van der Waals surface area contributed by atoms with Crippen molar-refractivity contribution < 1.29 is 28.2 Å². The molecule has 0 N–H and O–H groups in total. The molecule has 1 atom stereocenters. The highest BCUT2D eigenvalue weighted by Gasteiger charge is 2.30. The van der Waals surface area contributed by atoms with Crippen molar-refractivity contribution in [2.75, 3.05) is 33.3 Å². The molecule has 0 saturated carbocycles. The van der Waals surface area contributed by atoms with E-state index < -0.39 is 11.6 Å². The second kappa shape index (κ2) is 11.7. The molecule has 0 bridgehead atoms. The normalized spacial score (nSPS) is 16.5. The van der Waals surface area contributed by atoms with Gasteiger partial charge in [-0.3, -0.25) is 4.90 Å². The summed E-state index contributed by atoms with van der Waals surface area (Å²) >= 11 is 0. The van der Waals surface area contributed by atoms with E-state index in [-0.39, 0.29) is 30.3 Å². The highest BCUT2D eigenvalue weighted by Crippen LogP contribution is 2.21. The number of hydrogen-bond acceptors (Lipinski definition) is 7. The number of carbonyl (C=O) groups excluding carboxylic acids is 2. The van der Waals surface area contributed by atoms with Gasteiger partial charge in [0.1, 0.15) is 29.5 Å². The van der Waals surface area contributed by atoms with Crippen molar-refractivity contribution in [1.82, 2.24) is 14.8 Å². The Labute approximate surface area is 212 Å². The van der Waals surface area contributed by atoms with Crippen LogP contribution < -0.4 is 4.74 Å². The van der Waals surface area contributed by atoms with Crippen LogP contribution in [0.3, 0.4) is 0 Å². The van der Waals surface area contributed by atoms with Gasteiger partial charge in [-0.15, -0.1) is 0 Å². The third-order valence-corrected chi connectivity index (χ3v) is 6.04. The maximum Gasteiger partial charge on any atom is 0.410 e. The molecule has 0 spiro atoms. The van der Waals surface area contributed by atoms with E-state index in [2.05, 4.69) is 14.6 Å². The van der Waals surface area contributed by atoms with Gasteiger partial charge in [0.05, 0.1) is 13.3 Å². The van der Waals surface area contributed by atoms with Crippen LogP contribution in [-0.4, -0.2) is 71.8 Å². The van der Waals surface area contributed by atoms with Crippen LogP contribution in [0.5, 0.6) is 5.75 Å². The molecule has 1 aliphatic heterocycles. The molecule has 3 rings (SSSR count). The summed E-state index contributed by atoms with van der Waals surface area (Å²) in [6, 6.07) is 6.60. The molecule has 2 heterocycles. The van der Waals surface area contributed by atoms with Gasteiger partial charge in [0.25, 0.3) is 0 Å². The average Bonchev–Trinajstić information content (AvgIpc) is 2.82. The first kappa shape index (κ1) is 27.4. The molecule has 1 aliphatic rings. The molecule has 1 aromatic heterocycles. The van der Waals surface area contributed by atoms with Crippen LogP contribution in [0.15, 0.2) is 30.5 Å². The molecule has 1 fully saturated rings. The van der Waals surface area contributed by atoms with E-state index in [0.717, 1.165) is 30.8 Å². The van der Waals surface area contributed by atoms with E-state index in [4.69, 9.17) is 9.47 Å². The lowest BCUT2D eigenvalue weighted by molar-refractivity contribution is 0.00160. The van der Waals surface area contributed by atoms with Crippen molar-refractivity contribution in [3.8, 4) is 5.75 Å². The van der Waals surface area contributed by atoms with Crippen LogP contribution in [0.25, 0.3) is 0 Å². The highest BCUT2D eigenvalue weighted by molar-refractivity contribution is 5.87. The number of nitrogens with zero attached hydrogens (tertiary/aromatic N) is 3. The maximum absolute atomic E-state index is 14.4. The first-order valence-electron chi connectivity index (χ1n) is 12.1. The molecule has 1 amide bonds. The van der Waals surface area contributed by atoms with Gasteiger partial charge in [-0.25, -0.2) is 19.0 Å². The lowest BCUT2D eigenvalue weighted by Crippen LogP contribution is -2.55. The Bertz CT molecular complexity index is 1070. The number of amides is 1. The minimum absolute atomic E-state index is 0.0200. The number of rotatable bonds is 7. The summed E-state index contributed by atoms with van der Waals surface area (Å²) in [6.07, 6.45) is 1.83. The quantitative estimate of drug-likeness (QED) is 0.521. The van der Waals surface area contributed by atoms with Crippen molar-refractivity contribution in [1.29, 1.82) is 0 Å². The van der Waals surface area contributed by atoms with E-state index >= 15 is 0 Å². The summed E-state index contributed by atoms with van der Waals surface area (Å²) in [4.78, 5) is 32.1. The number of esters is 1. The number of aromatic nitrogens is 1. The van der Waals surface area contributed by atoms with Crippen molar-refractivity contribution >= 4 is 12.1 Å². The average molecular weight is 502 g/mol. The Kier molecular flexibility index (Phi) is 8.89. The minimum Gasteiger partial charge on any atom is -0.487 e. The van der Waals surface area contributed by atoms with Gasteiger partial charge in [0, 0.05) is 32.2 Å². The van der Waals surface area contributed by atoms with Gasteiger partial charge in [-0.05, 0) is 82.0 Å². The van der Waals surface area contributed by atoms with E-state index in [1.165, 1.54) is 19.4 Å². The maximum atomic E-state index is 14.4. The minimum atomic E-state index is -0.526. The van der Waals surface area contributed by atoms with Crippen LogP contribution in [0.1, 0.15) is 54.9 Å².